The highest BCUT2D eigenvalue weighted by atomic mass is 15.3. The quantitative estimate of drug-likeness (QED) is 0.804. The van der Waals surface area contributed by atoms with E-state index in [0.29, 0.717) is 6.42 Å². The second-order valence-corrected chi connectivity index (χ2v) is 4.19. The second kappa shape index (κ2) is 4.84. The first-order chi connectivity index (χ1) is 8.22. The zero-order chi connectivity index (χ0) is 12.3. The predicted molar refractivity (Wildman–Crippen MR) is 67.3 cm³/mol. The minimum atomic E-state index is 0.123. The van der Waals surface area contributed by atoms with Crippen LogP contribution in [0.15, 0.2) is 36.4 Å². The molecule has 0 radical (unpaired) electrons. The molecule has 1 aromatic carbocycles. The summed E-state index contributed by atoms with van der Waals surface area (Å²) in [5.41, 5.74) is 3.16. The van der Waals surface area contributed by atoms with Crippen LogP contribution in [-0.2, 0) is 0 Å². The molecular weight excluding hydrogens is 210 g/mol. The van der Waals surface area contributed by atoms with E-state index in [0.717, 1.165) is 17.0 Å². The largest absolute Gasteiger partial charge is 0.265 e. The van der Waals surface area contributed by atoms with Gasteiger partial charge in [0.25, 0.3) is 0 Å². The molecule has 0 spiro atoms. The smallest absolute Gasteiger partial charge is 0.0926 e. The number of hydrogen-bond acceptors (Lipinski definition) is 2. The van der Waals surface area contributed by atoms with Gasteiger partial charge in [0.15, 0.2) is 0 Å². The SMILES string of the molecule is Cc1cc(-c2ccccc2)nn1C(C)CC#N. The summed E-state index contributed by atoms with van der Waals surface area (Å²) in [7, 11) is 0. The van der Waals surface area contributed by atoms with Gasteiger partial charge in [-0.15, -0.1) is 0 Å². The van der Waals surface area contributed by atoms with Gasteiger partial charge in [0.2, 0.25) is 0 Å². The summed E-state index contributed by atoms with van der Waals surface area (Å²) in [4.78, 5) is 0. The summed E-state index contributed by atoms with van der Waals surface area (Å²) in [6.07, 6.45) is 0.483. The van der Waals surface area contributed by atoms with Crippen molar-refractivity contribution in [3.8, 4) is 17.3 Å². The van der Waals surface area contributed by atoms with Gasteiger partial charge in [-0.3, -0.25) is 4.68 Å². The van der Waals surface area contributed by atoms with E-state index in [-0.39, 0.29) is 6.04 Å². The standard InChI is InChI=1S/C14H15N3/c1-11(8-9-15)17-12(2)10-14(16-17)13-6-4-3-5-7-13/h3-7,10-11H,8H2,1-2H3. The summed E-state index contributed by atoms with van der Waals surface area (Å²) >= 11 is 0. The molecule has 2 rings (SSSR count). The van der Waals surface area contributed by atoms with E-state index >= 15 is 0 Å². The van der Waals surface area contributed by atoms with E-state index in [4.69, 9.17) is 5.26 Å². The van der Waals surface area contributed by atoms with Gasteiger partial charge in [-0.25, -0.2) is 0 Å². The van der Waals surface area contributed by atoms with Crippen molar-refractivity contribution in [3.63, 3.8) is 0 Å². The topological polar surface area (TPSA) is 41.6 Å². The first-order valence-electron chi connectivity index (χ1n) is 5.71. The molecule has 1 atom stereocenters. The van der Waals surface area contributed by atoms with E-state index in [1.807, 2.05) is 48.9 Å². The Bertz CT molecular complexity index is 534. The molecule has 0 amide bonds. The minimum absolute atomic E-state index is 0.123. The normalized spacial score (nSPS) is 12.1. The van der Waals surface area contributed by atoms with Crippen LogP contribution >= 0.6 is 0 Å². The van der Waals surface area contributed by atoms with Crippen molar-refractivity contribution in [2.45, 2.75) is 26.3 Å². The zero-order valence-corrected chi connectivity index (χ0v) is 10.1. The Morgan fingerprint density at radius 1 is 1.35 bits per heavy atom. The van der Waals surface area contributed by atoms with Crippen molar-refractivity contribution in [1.29, 1.82) is 5.26 Å². The Hall–Kier alpha value is -2.08. The molecule has 0 N–H and O–H groups in total. The fourth-order valence-electron chi connectivity index (χ4n) is 1.90. The molecule has 0 aliphatic rings. The van der Waals surface area contributed by atoms with Gasteiger partial charge in [0.05, 0.1) is 24.2 Å². The van der Waals surface area contributed by atoms with E-state index in [1.54, 1.807) is 0 Å². The summed E-state index contributed by atoms with van der Waals surface area (Å²) in [6.45, 7) is 4.03. The van der Waals surface area contributed by atoms with Gasteiger partial charge in [-0.1, -0.05) is 30.3 Å². The number of nitrogens with zero attached hydrogens (tertiary/aromatic N) is 3. The molecule has 0 fully saturated rings. The summed E-state index contributed by atoms with van der Waals surface area (Å²) in [6, 6.07) is 14.4. The molecule has 3 nitrogen and oxygen atoms in total. The van der Waals surface area contributed by atoms with Crippen LogP contribution in [-0.4, -0.2) is 9.78 Å². The molecule has 0 aliphatic carbocycles. The summed E-state index contributed by atoms with van der Waals surface area (Å²) < 4.78 is 1.92. The Labute approximate surface area is 101 Å². The molecule has 3 heteroatoms. The van der Waals surface area contributed by atoms with Crippen LogP contribution in [0.5, 0.6) is 0 Å². The van der Waals surface area contributed by atoms with E-state index in [9.17, 15) is 0 Å². The van der Waals surface area contributed by atoms with E-state index < -0.39 is 0 Å². The Morgan fingerprint density at radius 3 is 2.71 bits per heavy atom. The number of nitriles is 1. The number of hydrogen-bond donors (Lipinski definition) is 0. The van der Waals surface area contributed by atoms with Gasteiger partial charge in [0.1, 0.15) is 0 Å². The lowest BCUT2D eigenvalue weighted by Crippen LogP contribution is -2.07. The molecule has 0 aliphatic heterocycles. The van der Waals surface area contributed by atoms with Crippen LogP contribution < -0.4 is 0 Å². The molecule has 1 aromatic heterocycles. The van der Waals surface area contributed by atoms with Crippen molar-refractivity contribution in [3.05, 3.63) is 42.1 Å². The third-order valence-electron chi connectivity index (χ3n) is 2.80. The van der Waals surface area contributed by atoms with Crippen molar-refractivity contribution in [2.24, 2.45) is 0 Å². The molecule has 86 valence electrons. The average Bonchev–Trinajstić information content (AvgIpc) is 2.73. The van der Waals surface area contributed by atoms with Crippen LogP contribution in [0, 0.1) is 18.3 Å². The van der Waals surface area contributed by atoms with Crippen LogP contribution in [0.25, 0.3) is 11.3 Å². The summed E-state index contributed by atoms with van der Waals surface area (Å²) in [5, 5.41) is 13.3. The van der Waals surface area contributed by atoms with Gasteiger partial charge in [0, 0.05) is 11.3 Å². The average molecular weight is 225 g/mol. The van der Waals surface area contributed by atoms with Gasteiger partial charge < -0.3 is 0 Å². The third-order valence-corrected chi connectivity index (χ3v) is 2.80. The fourth-order valence-corrected chi connectivity index (χ4v) is 1.90. The van der Waals surface area contributed by atoms with Crippen LogP contribution in [0.2, 0.25) is 0 Å². The van der Waals surface area contributed by atoms with Gasteiger partial charge in [-0.05, 0) is 19.9 Å². The molecule has 1 heterocycles. The van der Waals surface area contributed by atoms with Gasteiger partial charge in [-0.2, -0.15) is 10.4 Å². The lowest BCUT2D eigenvalue weighted by atomic mass is 10.1. The zero-order valence-electron chi connectivity index (χ0n) is 10.1. The highest BCUT2D eigenvalue weighted by Gasteiger charge is 2.11. The molecule has 17 heavy (non-hydrogen) atoms. The number of aromatic nitrogens is 2. The lowest BCUT2D eigenvalue weighted by Gasteiger charge is -2.09. The Kier molecular flexibility index (Phi) is 3.24. The van der Waals surface area contributed by atoms with Crippen LogP contribution in [0.1, 0.15) is 25.1 Å². The molecule has 0 bridgehead atoms. The summed E-state index contributed by atoms with van der Waals surface area (Å²) in [5.74, 6) is 0. The van der Waals surface area contributed by atoms with Crippen molar-refractivity contribution in [1.82, 2.24) is 9.78 Å². The maximum absolute atomic E-state index is 8.72. The highest BCUT2D eigenvalue weighted by molar-refractivity contribution is 5.59. The third kappa shape index (κ3) is 2.36. The molecular formula is C14H15N3. The predicted octanol–water partition coefficient (Wildman–Crippen LogP) is 3.33. The van der Waals surface area contributed by atoms with Crippen molar-refractivity contribution >= 4 is 0 Å². The second-order valence-electron chi connectivity index (χ2n) is 4.19. The minimum Gasteiger partial charge on any atom is -0.265 e. The monoisotopic (exact) mass is 225 g/mol. The van der Waals surface area contributed by atoms with Gasteiger partial charge >= 0.3 is 0 Å². The van der Waals surface area contributed by atoms with Crippen LogP contribution in [0.3, 0.4) is 0 Å². The maximum Gasteiger partial charge on any atom is 0.0926 e. The Morgan fingerprint density at radius 2 is 2.06 bits per heavy atom. The van der Waals surface area contributed by atoms with Crippen LogP contribution in [0.4, 0.5) is 0 Å². The fraction of sp³-hybridized carbons (Fsp3) is 0.286. The van der Waals surface area contributed by atoms with E-state index in [2.05, 4.69) is 17.2 Å². The molecule has 0 saturated heterocycles. The highest BCUT2D eigenvalue weighted by Crippen LogP contribution is 2.21. The molecule has 2 aromatic rings. The van der Waals surface area contributed by atoms with Crippen molar-refractivity contribution in [2.75, 3.05) is 0 Å². The van der Waals surface area contributed by atoms with Crippen molar-refractivity contribution < 1.29 is 0 Å². The van der Waals surface area contributed by atoms with E-state index in [1.165, 1.54) is 0 Å². The first kappa shape index (κ1) is 11.4. The lowest BCUT2D eigenvalue weighted by molar-refractivity contribution is 0.490. The number of rotatable bonds is 3. The number of benzene rings is 1. The number of aryl methyl sites for hydroxylation is 1. The molecule has 1 unspecified atom stereocenters. The maximum atomic E-state index is 8.72. The Balaban J connectivity index is 2.35. The first-order valence-corrected chi connectivity index (χ1v) is 5.71. The molecule has 0 saturated carbocycles.